The predicted octanol–water partition coefficient (Wildman–Crippen LogP) is 0.549. The molecule has 1 aliphatic rings. The maximum atomic E-state index is 9.11. The second-order valence-electron chi connectivity index (χ2n) is 6.54. The van der Waals surface area contributed by atoms with Gasteiger partial charge in [-0.2, -0.15) is 26.2 Å². The summed E-state index contributed by atoms with van der Waals surface area (Å²) in [7, 11) is 1.71. The number of hydrogen-bond donors (Lipinski definition) is 3. The molecule has 0 atom stereocenters. The molecule has 3 amide bonds. The van der Waals surface area contributed by atoms with E-state index in [1.807, 2.05) is 12.1 Å². The zero-order valence-electron chi connectivity index (χ0n) is 20.5. The summed E-state index contributed by atoms with van der Waals surface area (Å²) >= 11 is 0. The number of methoxy groups -OCH3 is 1. The predicted molar refractivity (Wildman–Crippen MR) is 131 cm³/mol. The summed E-state index contributed by atoms with van der Waals surface area (Å²) < 4.78 is 5.29. The van der Waals surface area contributed by atoms with Gasteiger partial charge in [-0.1, -0.05) is 12.1 Å². The van der Waals surface area contributed by atoms with Gasteiger partial charge in [0.25, 0.3) is 0 Å². The van der Waals surface area contributed by atoms with Crippen molar-refractivity contribution in [1.29, 1.82) is 0 Å². The van der Waals surface area contributed by atoms with Crippen LogP contribution in [0, 0.1) is 141 Å². The Labute approximate surface area is 312 Å². The van der Waals surface area contributed by atoms with Crippen LogP contribution in [0.15, 0.2) is 24.3 Å². The summed E-state index contributed by atoms with van der Waals surface area (Å²) in [6, 6.07) is 8.27. The molecule has 0 bridgehead atoms. The van der Waals surface area contributed by atoms with Crippen molar-refractivity contribution in [3.63, 3.8) is 0 Å². The van der Waals surface area contributed by atoms with Gasteiger partial charge < -0.3 is 77.9 Å². The molecule has 1 saturated heterocycles. The van der Waals surface area contributed by atoms with E-state index < -0.39 is 17.7 Å². The van der Waals surface area contributed by atoms with Crippen molar-refractivity contribution in [2.24, 2.45) is 17.2 Å². The van der Waals surface area contributed by atoms with Crippen LogP contribution in [0.4, 0.5) is 0 Å². The molecule has 0 unspecified atom stereocenters. The van der Waals surface area contributed by atoms with Gasteiger partial charge in [0.15, 0.2) is 0 Å². The number of rotatable bonds is 3. The first-order valence-corrected chi connectivity index (χ1v) is 10.2. The van der Waals surface area contributed by atoms with E-state index in [-0.39, 0.29) is 120 Å². The molecular weight excluding hydrogens is 898 g/mol. The molecule has 208 valence electrons. The fourth-order valence-corrected chi connectivity index (χ4v) is 2.34. The summed E-state index contributed by atoms with van der Waals surface area (Å²) in [4.78, 5) is 29.8. The summed E-state index contributed by atoms with van der Waals surface area (Å²) in [5.74, 6) is -0.835. The largest absolute Gasteiger partial charge is 2.00 e. The van der Waals surface area contributed by atoms with E-state index in [4.69, 9.17) is 19.1 Å². The second-order valence-corrected chi connectivity index (χ2v) is 6.54. The Balaban J connectivity index is -0.000000181. The minimum atomic E-state index is -0.583. The fraction of sp³-hybridized carbons (Fsp3) is 0.455. The minimum absolute atomic E-state index is 0. The van der Waals surface area contributed by atoms with Crippen LogP contribution >= 0.6 is 0 Å². The minimum Gasteiger partial charge on any atom is -0.665 e. The zero-order chi connectivity index (χ0) is 25.5. The van der Waals surface area contributed by atoms with Crippen LogP contribution in [0.2, 0.25) is 0 Å². The third-order valence-electron chi connectivity index (χ3n) is 3.52. The van der Waals surface area contributed by atoms with Crippen LogP contribution in [-0.4, -0.2) is 82.1 Å². The molecule has 36 heavy (non-hydrogen) atoms. The average Bonchev–Trinajstić information content (AvgIpc) is 2.69. The molecule has 1 aromatic carbocycles. The maximum Gasteiger partial charge on any atom is 2.00 e. The standard InChI is InChI=1S/C16H25N4O.3C2H4NO.3Gd/c1-21-16-4-2-3-15(13-16)14-20-11-9-18-7-5-17-6-8-19-10-12-20;3*1-2(3)4;;;/h2-4,13H,5-12,14H2,1H3;3*1H2,(H2,3,4);;;/q-3;3*-1;3*+2. The van der Waals surface area contributed by atoms with E-state index in [1.165, 1.54) is 5.56 Å². The molecule has 0 aliphatic carbocycles. The fourth-order valence-electron chi connectivity index (χ4n) is 2.34. The van der Waals surface area contributed by atoms with E-state index in [9.17, 15) is 0 Å². The van der Waals surface area contributed by atoms with Gasteiger partial charge in [0.1, 0.15) is 5.75 Å². The van der Waals surface area contributed by atoms with Crippen molar-refractivity contribution in [3.05, 3.63) is 66.6 Å². The first-order chi connectivity index (χ1) is 15.6. The Morgan fingerprint density at radius 2 is 1.17 bits per heavy atom. The van der Waals surface area contributed by atoms with Gasteiger partial charge in [-0.05, 0) is 30.8 Å². The Bertz CT molecular complexity index is 622. The number of carbonyl (C=O) groups is 3. The first-order valence-electron chi connectivity index (χ1n) is 10.2. The second kappa shape index (κ2) is 33.9. The topological polar surface area (TPSA) is 184 Å². The number of primary amides is 3. The van der Waals surface area contributed by atoms with Crippen LogP contribution in [-0.2, 0) is 20.9 Å². The Morgan fingerprint density at radius 1 is 0.806 bits per heavy atom. The molecule has 11 nitrogen and oxygen atoms in total. The van der Waals surface area contributed by atoms with E-state index >= 15 is 0 Å². The summed E-state index contributed by atoms with van der Waals surface area (Å²) in [6.45, 7) is 16.3. The van der Waals surface area contributed by atoms with Gasteiger partial charge in [0.05, 0.1) is 24.8 Å². The number of amides is 3. The molecule has 14 heteroatoms. The van der Waals surface area contributed by atoms with E-state index in [0.29, 0.717) is 0 Å². The zero-order valence-corrected chi connectivity index (χ0v) is 27.3. The summed E-state index contributed by atoms with van der Waals surface area (Å²) in [5, 5.41) is 13.5. The quantitative estimate of drug-likeness (QED) is 0.374. The number of nitrogens with zero attached hydrogens (tertiary/aromatic N) is 4. The molecule has 0 aromatic heterocycles. The molecule has 0 radical (unpaired) electrons. The van der Waals surface area contributed by atoms with Crippen molar-refractivity contribution in [2.75, 3.05) is 59.5 Å². The molecule has 0 saturated carbocycles. The van der Waals surface area contributed by atoms with Crippen LogP contribution in [0.3, 0.4) is 0 Å². The molecule has 1 heterocycles. The molecule has 1 aromatic rings. The first kappa shape index (κ1) is 46.7. The number of carbonyl (C=O) groups excluding carboxylic acids is 3. The van der Waals surface area contributed by atoms with Crippen LogP contribution in [0.25, 0.3) is 16.0 Å². The maximum absolute atomic E-state index is 9.11. The van der Waals surface area contributed by atoms with Crippen molar-refractivity contribution in [3.8, 4) is 5.75 Å². The third-order valence-corrected chi connectivity index (χ3v) is 3.52. The average molecular weight is 935 g/mol. The van der Waals surface area contributed by atoms with E-state index in [2.05, 4.69) is 71.0 Å². The Kier molecular flexibility index (Phi) is 43.9. The number of benzene rings is 1. The Morgan fingerprint density at radius 3 is 1.53 bits per heavy atom. The van der Waals surface area contributed by atoms with Gasteiger partial charge in [-0.25, -0.2) is 0 Å². The van der Waals surface area contributed by atoms with Gasteiger partial charge in [0.2, 0.25) is 0 Å². The van der Waals surface area contributed by atoms with Crippen LogP contribution < -0.4 is 21.9 Å². The van der Waals surface area contributed by atoms with Crippen molar-refractivity contribution in [1.82, 2.24) is 4.90 Å². The number of ether oxygens (including phenoxy) is 1. The molecular formula is C22H37Gd3N7O4. The van der Waals surface area contributed by atoms with Gasteiger partial charge in [-0.15, -0.1) is 13.1 Å². The van der Waals surface area contributed by atoms with Gasteiger partial charge in [-0.3, -0.25) is 0 Å². The third kappa shape index (κ3) is 42.0. The number of nitrogens with two attached hydrogens (primary N) is 3. The Hall–Kier alpha value is 0.854. The molecule has 1 fully saturated rings. The van der Waals surface area contributed by atoms with Crippen molar-refractivity contribution in [2.45, 2.75) is 6.54 Å². The summed E-state index contributed by atoms with van der Waals surface area (Å²) in [6.07, 6.45) is 0. The molecule has 6 N–H and O–H groups in total. The van der Waals surface area contributed by atoms with E-state index in [0.717, 1.165) is 64.7 Å². The van der Waals surface area contributed by atoms with Crippen molar-refractivity contribution >= 4 is 17.7 Å². The molecule has 2 rings (SSSR count). The summed E-state index contributed by atoms with van der Waals surface area (Å²) in [5.41, 5.74) is 14.4. The smallest absolute Gasteiger partial charge is 0.665 e. The SMILES string of the molecule is COc1cccc(CN2CC[N-]CC[N-]CC[N-]CC2)c1.[CH2-]C(N)=O.[CH2-]C(N)=O.[CH2-]C(N)=O.[Gd+2].[Gd+2].[Gd+2]. The van der Waals surface area contributed by atoms with Gasteiger partial charge >= 0.3 is 120 Å². The van der Waals surface area contributed by atoms with Crippen LogP contribution in [0.1, 0.15) is 5.56 Å². The normalized spacial score (nSPS) is 13.4. The number of hydrogen-bond acceptors (Lipinski definition) is 5. The molecule has 0 spiro atoms. The van der Waals surface area contributed by atoms with Gasteiger partial charge in [0, 0.05) is 6.54 Å². The van der Waals surface area contributed by atoms with Crippen molar-refractivity contribution < 1.29 is 139 Å². The molecule has 1 aliphatic heterocycles. The monoisotopic (exact) mass is 937 g/mol. The van der Waals surface area contributed by atoms with Crippen LogP contribution in [0.5, 0.6) is 5.75 Å². The van der Waals surface area contributed by atoms with E-state index in [1.54, 1.807) is 7.11 Å².